The van der Waals surface area contributed by atoms with E-state index in [0.29, 0.717) is 24.6 Å². The summed E-state index contributed by atoms with van der Waals surface area (Å²) in [6, 6.07) is 5.90. The third-order valence-corrected chi connectivity index (χ3v) is 4.36. The zero-order valence-corrected chi connectivity index (χ0v) is 15.7. The van der Waals surface area contributed by atoms with Gasteiger partial charge in [-0.25, -0.2) is 4.39 Å². The summed E-state index contributed by atoms with van der Waals surface area (Å²) in [4.78, 5) is 18.4. The van der Waals surface area contributed by atoms with E-state index in [1.165, 1.54) is 12.1 Å². The first kappa shape index (κ1) is 20.2. The second-order valence-electron chi connectivity index (χ2n) is 6.86. The van der Waals surface area contributed by atoms with Crippen molar-refractivity contribution in [2.45, 2.75) is 39.3 Å². The van der Waals surface area contributed by atoms with Crippen molar-refractivity contribution in [3.8, 4) is 0 Å². The number of hydrogen-bond acceptors (Lipinski definition) is 3. The van der Waals surface area contributed by atoms with Gasteiger partial charge < -0.3 is 20.6 Å². The normalized spacial score (nSPS) is 18.9. The molecule has 0 saturated carbocycles. The zero-order chi connectivity index (χ0) is 19.1. The van der Waals surface area contributed by atoms with E-state index in [-0.39, 0.29) is 30.2 Å². The summed E-state index contributed by atoms with van der Waals surface area (Å²) in [5, 5.41) is 16.7. The summed E-state index contributed by atoms with van der Waals surface area (Å²) in [6.07, 6.45) is 0.0669. The predicted octanol–water partition coefficient (Wildman–Crippen LogP) is 1.67. The number of halogens is 1. The van der Waals surface area contributed by atoms with E-state index in [9.17, 15) is 14.3 Å². The number of hydrogen-bond donors (Lipinski definition) is 3. The summed E-state index contributed by atoms with van der Waals surface area (Å²) in [6.45, 7) is 8.05. The molecule has 0 radical (unpaired) electrons. The van der Waals surface area contributed by atoms with Gasteiger partial charge in [0.25, 0.3) is 0 Å². The van der Waals surface area contributed by atoms with Gasteiger partial charge in [0.1, 0.15) is 5.82 Å². The molecule has 1 saturated heterocycles. The molecule has 2 unspecified atom stereocenters. The Morgan fingerprint density at radius 1 is 1.38 bits per heavy atom. The molecule has 6 nitrogen and oxygen atoms in total. The molecule has 2 atom stereocenters. The molecule has 0 aliphatic carbocycles. The van der Waals surface area contributed by atoms with Crippen LogP contribution in [0.3, 0.4) is 0 Å². The van der Waals surface area contributed by atoms with Crippen LogP contribution < -0.4 is 10.6 Å². The molecule has 1 amide bonds. The summed E-state index contributed by atoms with van der Waals surface area (Å²) < 4.78 is 13.0. The number of aliphatic hydroxyl groups is 1. The van der Waals surface area contributed by atoms with Crippen molar-refractivity contribution in [3.05, 3.63) is 35.6 Å². The van der Waals surface area contributed by atoms with Gasteiger partial charge in [0.2, 0.25) is 5.91 Å². The summed E-state index contributed by atoms with van der Waals surface area (Å²) in [7, 11) is 0. The molecule has 1 aromatic carbocycles. The van der Waals surface area contributed by atoms with Gasteiger partial charge in [-0.15, -0.1) is 0 Å². The number of carbonyl (C=O) groups excluding carboxylic acids is 1. The zero-order valence-electron chi connectivity index (χ0n) is 15.7. The van der Waals surface area contributed by atoms with Crippen molar-refractivity contribution >= 4 is 11.9 Å². The second-order valence-corrected chi connectivity index (χ2v) is 6.86. The number of guanidine groups is 1. The fraction of sp³-hybridized carbons (Fsp3) is 0.579. The molecule has 1 aliphatic heterocycles. The van der Waals surface area contributed by atoms with Crippen molar-refractivity contribution in [2.75, 3.05) is 26.2 Å². The van der Waals surface area contributed by atoms with Crippen molar-refractivity contribution in [2.24, 2.45) is 10.9 Å². The molecule has 2 rings (SSSR count). The highest BCUT2D eigenvalue weighted by atomic mass is 19.1. The Balaban J connectivity index is 1.92. The van der Waals surface area contributed by atoms with E-state index in [4.69, 9.17) is 0 Å². The van der Waals surface area contributed by atoms with Crippen LogP contribution in [0.2, 0.25) is 0 Å². The molecule has 0 spiro atoms. The molecule has 1 aliphatic rings. The smallest absolute Gasteiger partial charge is 0.225 e. The standard InChI is InChI=1S/C19H29FN4O2/c1-4-21-19(22-11-17(25)14-5-7-15(20)8-6-14)23-16-9-10-24(12-16)18(26)13(2)3/h5-8,13,16-17,25H,4,9-12H2,1-3H3,(H2,21,22,23). The number of rotatable bonds is 6. The Hall–Kier alpha value is -2.15. The lowest BCUT2D eigenvalue weighted by molar-refractivity contribution is -0.133. The maximum atomic E-state index is 13.0. The van der Waals surface area contributed by atoms with E-state index in [1.54, 1.807) is 12.1 Å². The van der Waals surface area contributed by atoms with E-state index >= 15 is 0 Å². The van der Waals surface area contributed by atoms with Gasteiger partial charge in [0.05, 0.1) is 12.6 Å². The van der Waals surface area contributed by atoms with E-state index in [2.05, 4.69) is 15.6 Å². The average Bonchev–Trinajstić information content (AvgIpc) is 3.07. The minimum Gasteiger partial charge on any atom is -0.386 e. The van der Waals surface area contributed by atoms with Crippen LogP contribution in [0.1, 0.15) is 38.9 Å². The van der Waals surface area contributed by atoms with Crippen LogP contribution in [-0.4, -0.2) is 54.1 Å². The Kier molecular flexibility index (Phi) is 7.38. The van der Waals surface area contributed by atoms with E-state index < -0.39 is 6.10 Å². The predicted molar refractivity (Wildman–Crippen MR) is 100 cm³/mol. The van der Waals surface area contributed by atoms with Crippen LogP contribution in [0, 0.1) is 11.7 Å². The molecular weight excluding hydrogens is 335 g/mol. The number of nitrogens with one attached hydrogen (secondary N) is 2. The van der Waals surface area contributed by atoms with Gasteiger partial charge in [0, 0.05) is 31.6 Å². The largest absolute Gasteiger partial charge is 0.386 e. The molecule has 1 heterocycles. The molecule has 1 fully saturated rings. The highest BCUT2D eigenvalue weighted by Crippen LogP contribution is 2.15. The van der Waals surface area contributed by atoms with Crippen LogP contribution in [0.5, 0.6) is 0 Å². The van der Waals surface area contributed by atoms with Gasteiger partial charge >= 0.3 is 0 Å². The number of aliphatic imine (C=N–C) groups is 1. The number of benzene rings is 1. The summed E-state index contributed by atoms with van der Waals surface area (Å²) in [5.41, 5.74) is 0.626. The van der Waals surface area contributed by atoms with Gasteiger partial charge in [0.15, 0.2) is 5.96 Å². The highest BCUT2D eigenvalue weighted by molar-refractivity contribution is 5.81. The van der Waals surface area contributed by atoms with Crippen molar-refractivity contribution in [3.63, 3.8) is 0 Å². The Labute approximate surface area is 154 Å². The molecule has 0 aromatic heterocycles. The minimum absolute atomic E-state index is 0.00140. The molecule has 1 aromatic rings. The summed E-state index contributed by atoms with van der Waals surface area (Å²) in [5.74, 6) is 0.447. The molecule has 144 valence electrons. The molecule has 3 N–H and O–H groups in total. The quantitative estimate of drug-likeness (QED) is 0.530. The number of nitrogens with zero attached hydrogens (tertiary/aromatic N) is 2. The Morgan fingerprint density at radius 2 is 2.08 bits per heavy atom. The maximum absolute atomic E-state index is 13.0. The van der Waals surface area contributed by atoms with Gasteiger partial charge in [-0.2, -0.15) is 0 Å². The van der Waals surface area contributed by atoms with Crippen LogP contribution >= 0.6 is 0 Å². The lowest BCUT2D eigenvalue weighted by atomic mass is 10.1. The molecular formula is C19H29FN4O2. The van der Waals surface area contributed by atoms with Gasteiger partial charge in [-0.05, 0) is 31.0 Å². The van der Waals surface area contributed by atoms with Crippen molar-refractivity contribution < 1.29 is 14.3 Å². The molecule has 0 bridgehead atoms. The monoisotopic (exact) mass is 364 g/mol. The fourth-order valence-corrected chi connectivity index (χ4v) is 2.92. The molecule has 26 heavy (non-hydrogen) atoms. The average molecular weight is 364 g/mol. The third-order valence-electron chi connectivity index (χ3n) is 4.36. The fourth-order valence-electron chi connectivity index (χ4n) is 2.92. The SMILES string of the molecule is CCNC(=NCC(O)c1ccc(F)cc1)NC1CCN(C(=O)C(C)C)C1. The van der Waals surface area contributed by atoms with Gasteiger partial charge in [-0.1, -0.05) is 26.0 Å². The van der Waals surface area contributed by atoms with Crippen LogP contribution in [-0.2, 0) is 4.79 Å². The number of amides is 1. The third kappa shape index (κ3) is 5.69. The highest BCUT2D eigenvalue weighted by Gasteiger charge is 2.28. The van der Waals surface area contributed by atoms with Crippen molar-refractivity contribution in [1.29, 1.82) is 0 Å². The Morgan fingerprint density at radius 3 is 2.69 bits per heavy atom. The van der Waals surface area contributed by atoms with Crippen molar-refractivity contribution in [1.82, 2.24) is 15.5 Å². The number of aliphatic hydroxyl groups excluding tert-OH is 1. The minimum atomic E-state index is -0.798. The van der Waals surface area contributed by atoms with E-state index in [1.807, 2.05) is 25.7 Å². The number of carbonyl (C=O) groups is 1. The van der Waals surface area contributed by atoms with E-state index in [0.717, 1.165) is 13.0 Å². The van der Waals surface area contributed by atoms with Crippen LogP contribution in [0.15, 0.2) is 29.3 Å². The van der Waals surface area contributed by atoms with Gasteiger partial charge in [-0.3, -0.25) is 9.79 Å². The lowest BCUT2D eigenvalue weighted by Crippen LogP contribution is -2.45. The first-order valence-corrected chi connectivity index (χ1v) is 9.17. The first-order chi connectivity index (χ1) is 12.4. The topological polar surface area (TPSA) is 77.0 Å². The molecule has 7 heteroatoms. The maximum Gasteiger partial charge on any atom is 0.225 e. The summed E-state index contributed by atoms with van der Waals surface area (Å²) >= 11 is 0. The number of likely N-dealkylation sites (tertiary alicyclic amines) is 1. The first-order valence-electron chi connectivity index (χ1n) is 9.17. The second kappa shape index (κ2) is 9.52. The van der Waals surface area contributed by atoms with Crippen LogP contribution in [0.25, 0.3) is 0 Å². The van der Waals surface area contributed by atoms with Crippen LogP contribution in [0.4, 0.5) is 4.39 Å². The lowest BCUT2D eigenvalue weighted by Gasteiger charge is -2.20. The Bertz CT molecular complexity index is 618.